The Morgan fingerprint density at radius 1 is 1.18 bits per heavy atom. The predicted molar refractivity (Wildman–Crippen MR) is 113 cm³/mol. The number of nitrogens with one attached hydrogen (secondary N) is 1. The highest BCUT2D eigenvalue weighted by Crippen LogP contribution is 2.61. The van der Waals surface area contributed by atoms with Crippen molar-refractivity contribution in [1.29, 1.82) is 0 Å². The van der Waals surface area contributed by atoms with Gasteiger partial charge in [0.1, 0.15) is 0 Å². The molecule has 3 aliphatic carbocycles. The minimum absolute atomic E-state index is 0.0408. The van der Waals surface area contributed by atoms with Crippen LogP contribution in [0.5, 0.6) is 0 Å². The Kier molecular flexibility index (Phi) is 5.30. The van der Waals surface area contributed by atoms with E-state index in [0.29, 0.717) is 17.8 Å². The molecule has 1 aromatic heterocycles. The maximum Gasteiger partial charge on any atom is 0.0610 e. The summed E-state index contributed by atoms with van der Waals surface area (Å²) >= 11 is 0. The molecule has 1 aromatic rings. The molecule has 2 unspecified atom stereocenters. The molecular weight excluding hydrogens is 348 g/mol. The van der Waals surface area contributed by atoms with Gasteiger partial charge in [0.05, 0.1) is 17.9 Å². The van der Waals surface area contributed by atoms with Crippen molar-refractivity contribution in [3.63, 3.8) is 0 Å². The van der Waals surface area contributed by atoms with E-state index in [-0.39, 0.29) is 23.0 Å². The third-order valence-corrected chi connectivity index (χ3v) is 8.75. The first-order valence-corrected chi connectivity index (χ1v) is 11.0. The van der Waals surface area contributed by atoms with Crippen molar-refractivity contribution in [1.82, 2.24) is 4.98 Å². The van der Waals surface area contributed by atoms with Crippen LogP contribution in [0.25, 0.3) is 0 Å². The summed E-state index contributed by atoms with van der Waals surface area (Å²) in [5.74, 6) is 0.976. The number of hydrogen-bond acceptors (Lipinski definition) is 4. The molecule has 3 saturated carbocycles. The van der Waals surface area contributed by atoms with Crippen LogP contribution >= 0.6 is 0 Å². The normalized spacial score (nSPS) is 43.6. The van der Waals surface area contributed by atoms with Gasteiger partial charge in [0.15, 0.2) is 0 Å². The van der Waals surface area contributed by atoms with Gasteiger partial charge in [-0.25, -0.2) is 0 Å². The van der Waals surface area contributed by atoms with E-state index >= 15 is 0 Å². The molecule has 28 heavy (non-hydrogen) atoms. The Morgan fingerprint density at radius 2 is 2.00 bits per heavy atom. The van der Waals surface area contributed by atoms with Gasteiger partial charge >= 0.3 is 0 Å². The zero-order chi connectivity index (χ0) is 19.9. The lowest BCUT2D eigenvalue weighted by Gasteiger charge is -2.55. The highest BCUT2D eigenvalue weighted by atomic mass is 16.3. The first-order chi connectivity index (χ1) is 13.3. The van der Waals surface area contributed by atoms with Crippen molar-refractivity contribution in [3.05, 3.63) is 36.7 Å². The standard InChI is InChI=1S/C24H36N2O2/c1-16-6-7-20-22(28)21(9-11-23(16,20)2)24(3)10-8-19(27)13-17(24)14-26-18-5-4-12-25-15-18/h4-5,12,15,17,19-22,26-28H,1,6-11,13-14H2,2-3H3/t17-,19+,20?,21?,22-,23+,24+/m1/s1. The van der Waals surface area contributed by atoms with Gasteiger partial charge in [-0.2, -0.15) is 0 Å². The molecule has 0 spiro atoms. The molecular formula is C24H36N2O2. The van der Waals surface area contributed by atoms with Gasteiger partial charge in [-0.1, -0.05) is 26.0 Å². The van der Waals surface area contributed by atoms with Crippen LogP contribution in [0.1, 0.15) is 58.8 Å². The SMILES string of the molecule is C=C1CCC2[C@@H](O)C([C@@]3(C)CC[C@H](O)C[C@@H]3CNc3cccnc3)CC[C@@]12C. The fraction of sp³-hybridized carbons (Fsp3) is 0.708. The van der Waals surface area contributed by atoms with Crippen molar-refractivity contribution < 1.29 is 10.2 Å². The minimum atomic E-state index is -0.265. The topological polar surface area (TPSA) is 65.4 Å². The average Bonchev–Trinajstić information content (AvgIpc) is 2.99. The molecule has 0 amide bonds. The molecule has 3 aliphatic rings. The summed E-state index contributed by atoms with van der Waals surface area (Å²) in [5.41, 5.74) is 2.52. The van der Waals surface area contributed by atoms with E-state index in [2.05, 4.69) is 30.7 Å². The molecule has 0 saturated heterocycles. The Bertz CT molecular complexity index is 708. The van der Waals surface area contributed by atoms with Gasteiger partial charge in [0.2, 0.25) is 0 Å². The van der Waals surface area contributed by atoms with Crippen molar-refractivity contribution in [2.75, 3.05) is 11.9 Å². The first-order valence-electron chi connectivity index (χ1n) is 11.0. The van der Waals surface area contributed by atoms with E-state index in [0.717, 1.165) is 57.2 Å². The fourth-order valence-electron chi connectivity index (χ4n) is 6.64. The van der Waals surface area contributed by atoms with E-state index in [1.807, 2.05) is 18.3 Å². The lowest BCUT2D eigenvalue weighted by atomic mass is 9.52. The summed E-state index contributed by atoms with van der Waals surface area (Å²) in [6.07, 6.45) is 10.1. The third kappa shape index (κ3) is 3.29. The molecule has 4 nitrogen and oxygen atoms in total. The van der Waals surface area contributed by atoms with Crippen molar-refractivity contribution in [2.24, 2.45) is 28.6 Å². The second kappa shape index (κ2) is 7.46. The van der Waals surface area contributed by atoms with E-state index in [1.165, 1.54) is 5.57 Å². The van der Waals surface area contributed by atoms with Gasteiger partial charge in [0.25, 0.3) is 0 Å². The first kappa shape index (κ1) is 19.9. The monoisotopic (exact) mass is 384 g/mol. The van der Waals surface area contributed by atoms with Gasteiger partial charge in [-0.3, -0.25) is 4.98 Å². The van der Waals surface area contributed by atoms with E-state index in [4.69, 9.17) is 0 Å². The molecule has 1 heterocycles. The number of hydrogen-bond donors (Lipinski definition) is 3. The number of pyridine rings is 1. The number of anilines is 1. The van der Waals surface area contributed by atoms with E-state index < -0.39 is 0 Å². The molecule has 0 radical (unpaired) electrons. The summed E-state index contributed by atoms with van der Waals surface area (Å²) in [7, 11) is 0. The van der Waals surface area contributed by atoms with Crippen LogP contribution in [-0.2, 0) is 0 Å². The maximum atomic E-state index is 11.5. The van der Waals surface area contributed by atoms with Crippen LogP contribution in [0.15, 0.2) is 36.7 Å². The van der Waals surface area contributed by atoms with E-state index in [1.54, 1.807) is 6.20 Å². The molecule has 0 bridgehead atoms. The second-order valence-corrected chi connectivity index (χ2v) is 10.1. The number of nitrogens with zero attached hydrogens (tertiary/aromatic N) is 1. The van der Waals surface area contributed by atoms with Crippen LogP contribution < -0.4 is 5.32 Å². The van der Waals surface area contributed by atoms with Gasteiger partial charge in [-0.15, -0.1) is 0 Å². The minimum Gasteiger partial charge on any atom is -0.393 e. The summed E-state index contributed by atoms with van der Waals surface area (Å²) in [4.78, 5) is 4.19. The summed E-state index contributed by atoms with van der Waals surface area (Å²) in [6, 6.07) is 3.98. The Hall–Kier alpha value is -1.39. The van der Waals surface area contributed by atoms with Gasteiger partial charge in [-0.05, 0) is 85.7 Å². The number of aliphatic hydroxyl groups is 2. The zero-order valence-corrected chi connectivity index (χ0v) is 17.4. The summed E-state index contributed by atoms with van der Waals surface area (Å²) < 4.78 is 0. The van der Waals surface area contributed by atoms with E-state index in [9.17, 15) is 10.2 Å². The largest absolute Gasteiger partial charge is 0.393 e. The lowest BCUT2D eigenvalue weighted by Crippen LogP contribution is -2.53. The van der Waals surface area contributed by atoms with Gasteiger partial charge < -0.3 is 15.5 Å². The maximum absolute atomic E-state index is 11.5. The summed E-state index contributed by atoms with van der Waals surface area (Å²) in [6.45, 7) is 9.83. The molecule has 3 fully saturated rings. The number of allylic oxidation sites excluding steroid dienone is 1. The van der Waals surface area contributed by atoms with Crippen LogP contribution in [-0.4, -0.2) is 33.9 Å². The number of fused-ring (bicyclic) bond motifs is 1. The average molecular weight is 385 g/mol. The molecule has 154 valence electrons. The third-order valence-electron chi connectivity index (χ3n) is 8.75. The van der Waals surface area contributed by atoms with Crippen molar-refractivity contribution in [3.8, 4) is 0 Å². The number of rotatable bonds is 4. The zero-order valence-electron chi connectivity index (χ0n) is 17.4. The highest BCUT2D eigenvalue weighted by Gasteiger charge is 2.56. The molecule has 0 aliphatic heterocycles. The van der Waals surface area contributed by atoms with Crippen LogP contribution in [0.2, 0.25) is 0 Å². The van der Waals surface area contributed by atoms with Crippen LogP contribution in [0.4, 0.5) is 5.69 Å². The molecule has 3 N–H and O–H groups in total. The molecule has 0 aromatic carbocycles. The molecule has 4 heteroatoms. The molecule has 4 rings (SSSR count). The Labute approximate surface area is 169 Å². The number of aromatic nitrogens is 1. The fourth-order valence-corrected chi connectivity index (χ4v) is 6.64. The quantitative estimate of drug-likeness (QED) is 0.673. The highest BCUT2D eigenvalue weighted by molar-refractivity contribution is 5.39. The second-order valence-electron chi connectivity index (χ2n) is 10.1. The Morgan fingerprint density at radius 3 is 2.75 bits per heavy atom. The lowest BCUT2D eigenvalue weighted by molar-refractivity contribution is -0.116. The number of aliphatic hydroxyl groups excluding tert-OH is 2. The van der Waals surface area contributed by atoms with Gasteiger partial charge in [0, 0.05) is 18.9 Å². The summed E-state index contributed by atoms with van der Waals surface area (Å²) in [5, 5.41) is 25.4. The predicted octanol–water partition coefficient (Wildman–Crippen LogP) is 4.40. The van der Waals surface area contributed by atoms with Crippen molar-refractivity contribution >= 4 is 5.69 Å². The van der Waals surface area contributed by atoms with Crippen LogP contribution in [0, 0.1) is 28.6 Å². The van der Waals surface area contributed by atoms with Crippen molar-refractivity contribution in [2.45, 2.75) is 71.0 Å². The molecule has 7 atom stereocenters. The Balaban J connectivity index is 1.54. The smallest absolute Gasteiger partial charge is 0.0610 e. The van der Waals surface area contributed by atoms with Crippen LogP contribution in [0.3, 0.4) is 0 Å².